The van der Waals surface area contributed by atoms with Gasteiger partial charge >= 0.3 is 5.97 Å². The molecule has 0 spiro atoms. The van der Waals surface area contributed by atoms with E-state index in [1.54, 1.807) is 0 Å². The Bertz CT molecular complexity index is 1450. The summed E-state index contributed by atoms with van der Waals surface area (Å²) in [6.07, 6.45) is 2.92. The zero-order valence-corrected chi connectivity index (χ0v) is 24.8. The van der Waals surface area contributed by atoms with Gasteiger partial charge in [-0.3, -0.25) is 14.4 Å². The van der Waals surface area contributed by atoms with Crippen molar-refractivity contribution in [3.8, 4) is 11.1 Å². The van der Waals surface area contributed by atoms with Crippen molar-refractivity contribution in [3.63, 3.8) is 0 Å². The number of carbonyl (C=O) groups excluding carboxylic acids is 3. The van der Waals surface area contributed by atoms with Crippen molar-refractivity contribution >= 4 is 23.7 Å². The maximum absolute atomic E-state index is 14.1. The van der Waals surface area contributed by atoms with Gasteiger partial charge in [-0.15, -0.1) is 0 Å². The number of benzene rings is 3. The Morgan fingerprint density at radius 3 is 1.98 bits per heavy atom. The fraction of sp³-hybridized carbons (Fsp3) is 0.371. The van der Waals surface area contributed by atoms with Gasteiger partial charge in [-0.25, -0.2) is 4.79 Å². The molecule has 2 fully saturated rings. The fourth-order valence-corrected chi connectivity index (χ4v) is 6.35. The zero-order chi connectivity index (χ0) is 31.1. The fourth-order valence-electron chi connectivity index (χ4n) is 6.35. The third-order valence-corrected chi connectivity index (χ3v) is 8.56. The van der Waals surface area contributed by atoms with E-state index in [0.717, 1.165) is 22.3 Å². The molecule has 0 aliphatic carbocycles. The maximum atomic E-state index is 14.1. The van der Waals surface area contributed by atoms with Crippen molar-refractivity contribution in [1.29, 1.82) is 0 Å². The summed E-state index contributed by atoms with van der Waals surface area (Å²) in [5.41, 5.74) is 10.3. The molecule has 3 aromatic carbocycles. The molecule has 4 N–H and O–H groups in total. The molecule has 0 saturated carbocycles. The molecule has 0 bridgehead atoms. The summed E-state index contributed by atoms with van der Waals surface area (Å²) in [5.74, 6) is -2.03. The Balaban J connectivity index is 1.32. The van der Waals surface area contributed by atoms with Gasteiger partial charge in [0, 0.05) is 32.0 Å². The van der Waals surface area contributed by atoms with Crippen LogP contribution in [-0.2, 0) is 32.0 Å². The van der Waals surface area contributed by atoms with Gasteiger partial charge < -0.3 is 26.0 Å². The van der Waals surface area contributed by atoms with Crippen molar-refractivity contribution in [2.45, 2.75) is 69.1 Å². The molecular weight excluding hydrogens is 556 g/mol. The van der Waals surface area contributed by atoms with Gasteiger partial charge in [0.15, 0.2) is 0 Å². The first-order valence-electron chi connectivity index (χ1n) is 15.4. The van der Waals surface area contributed by atoms with Crippen LogP contribution in [-0.4, -0.2) is 75.9 Å². The maximum Gasteiger partial charge on any atom is 0.326 e. The first kappa shape index (κ1) is 30.9. The minimum Gasteiger partial charge on any atom is -0.480 e. The highest BCUT2D eigenvalue weighted by Gasteiger charge is 2.43. The van der Waals surface area contributed by atoms with Crippen molar-refractivity contribution in [2.24, 2.45) is 5.73 Å². The Morgan fingerprint density at radius 2 is 1.32 bits per heavy atom. The van der Waals surface area contributed by atoms with E-state index in [4.69, 9.17) is 5.73 Å². The highest BCUT2D eigenvalue weighted by atomic mass is 16.4. The number of likely N-dealkylation sites (tertiary alicyclic amines) is 2. The minimum absolute atomic E-state index is 0.0437. The number of nitrogens with one attached hydrogen (secondary N) is 1. The zero-order valence-electron chi connectivity index (χ0n) is 24.8. The largest absolute Gasteiger partial charge is 0.480 e. The first-order valence-corrected chi connectivity index (χ1v) is 15.4. The van der Waals surface area contributed by atoms with Crippen LogP contribution in [0.2, 0.25) is 0 Å². The molecule has 2 aliphatic rings. The van der Waals surface area contributed by atoms with Gasteiger partial charge in [-0.05, 0) is 54.4 Å². The van der Waals surface area contributed by atoms with Crippen molar-refractivity contribution < 1.29 is 24.3 Å². The van der Waals surface area contributed by atoms with Gasteiger partial charge in [-0.2, -0.15) is 0 Å². The van der Waals surface area contributed by atoms with E-state index < -0.39 is 30.1 Å². The number of hydrogen-bond donors (Lipinski definition) is 3. The first-order chi connectivity index (χ1) is 21.3. The summed E-state index contributed by atoms with van der Waals surface area (Å²) in [7, 11) is 0. The molecule has 0 radical (unpaired) electrons. The molecule has 9 nitrogen and oxygen atoms in total. The predicted octanol–water partition coefficient (Wildman–Crippen LogP) is 3.41. The molecule has 5 rings (SSSR count). The highest BCUT2D eigenvalue weighted by Crippen LogP contribution is 2.26. The Labute approximate surface area is 258 Å². The molecule has 230 valence electrons. The lowest BCUT2D eigenvalue weighted by molar-refractivity contribution is -0.152. The molecule has 0 aromatic heterocycles. The normalized spacial score (nSPS) is 19.4. The van der Waals surface area contributed by atoms with Crippen LogP contribution in [0.4, 0.5) is 0 Å². The molecule has 3 amide bonds. The molecule has 44 heavy (non-hydrogen) atoms. The van der Waals surface area contributed by atoms with Crippen molar-refractivity contribution in [2.75, 3.05) is 13.1 Å². The second-order valence-electron chi connectivity index (χ2n) is 11.8. The Hall–Kier alpha value is -4.50. The topological polar surface area (TPSA) is 133 Å². The van der Waals surface area contributed by atoms with E-state index in [-0.39, 0.29) is 30.6 Å². The van der Waals surface area contributed by atoms with E-state index in [1.165, 1.54) is 9.80 Å². The standard InChI is InChI=1S/C35H40N4O5/c36-28(21-24-9-3-1-4-10-24)23-32(40)37-29(22-25-15-17-27(18-16-25)26-11-5-2-6-12-26)33(41)38-19-7-13-30(38)34(42)39-20-8-14-31(39)35(43)44/h1-6,9-12,15-18,28-31H,7-8,13-14,19-23,36H2,(H,37,40)(H,43,44)/t28-,29-,30-,31-/m0/s1. The SMILES string of the molecule is N[C@H](CC(=O)N[C@@H](Cc1ccc(-c2ccccc2)cc1)C(=O)N1CCC[C@H]1C(=O)N1CCC[C@H]1C(=O)O)Cc1ccccc1. The van der Waals surface area contributed by atoms with Crippen LogP contribution in [0.5, 0.6) is 0 Å². The molecule has 0 unspecified atom stereocenters. The number of carboxylic acid groups (broad SMARTS) is 1. The number of aliphatic carboxylic acids is 1. The van der Waals surface area contributed by atoms with Gasteiger partial charge in [0.05, 0.1) is 0 Å². The van der Waals surface area contributed by atoms with Crippen LogP contribution in [0, 0.1) is 0 Å². The van der Waals surface area contributed by atoms with Gasteiger partial charge in [0.1, 0.15) is 18.1 Å². The predicted molar refractivity (Wildman–Crippen MR) is 167 cm³/mol. The lowest BCUT2D eigenvalue weighted by atomic mass is 9.99. The van der Waals surface area contributed by atoms with Crippen LogP contribution >= 0.6 is 0 Å². The van der Waals surface area contributed by atoms with Crippen LogP contribution < -0.4 is 11.1 Å². The molecule has 2 saturated heterocycles. The molecule has 2 heterocycles. The number of carboxylic acids is 1. The summed E-state index contributed by atoms with van der Waals surface area (Å²) >= 11 is 0. The smallest absolute Gasteiger partial charge is 0.326 e. The van der Waals surface area contributed by atoms with E-state index in [0.29, 0.717) is 45.2 Å². The molecule has 2 aliphatic heterocycles. The van der Waals surface area contributed by atoms with E-state index >= 15 is 0 Å². The van der Waals surface area contributed by atoms with Crippen molar-refractivity contribution in [3.05, 3.63) is 96.1 Å². The van der Waals surface area contributed by atoms with Crippen LogP contribution in [0.3, 0.4) is 0 Å². The summed E-state index contributed by atoms with van der Waals surface area (Å²) in [6, 6.07) is 24.6. The highest BCUT2D eigenvalue weighted by molar-refractivity contribution is 5.94. The van der Waals surface area contributed by atoms with Gasteiger partial charge in [0.25, 0.3) is 0 Å². The number of hydrogen-bond acceptors (Lipinski definition) is 5. The second-order valence-corrected chi connectivity index (χ2v) is 11.8. The summed E-state index contributed by atoms with van der Waals surface area (Å²) in [5, 5.41) is 12.6. The average molecular weight is 597 g/mol. The van der Waals surface area contributed by atoms with E-state index in [9.17, 15) is 24.3 Å². The third-order valence-electron chi connectivity index (χ3n) is 8.56. The van der Waals surface area contributed by atoms with Crippen molar-refractivity contribution in [1.82, 2.24) is 15.1 Å². The average Bonchev–Trinajstić information content (AvgIpc) is 3.72. The Morgan fingerprint density at radius 1 is 0.750 bits per heavy atom. The molecule has 3 aromatic rings. The number of amides is 3. The summed E-state index contributed by atoms with van der Waals surface area (Å²) in [6.45, 7) is 0.731. The lowest BCUT2D eigenvalue weighted by Crippen LogP contribution is -2.56. The lowest BCUT2D eigenvalue weighted by Gasteiger charge is -2.32. The summed E-state index contributed by atoms with van der Waals surface area (Å²) < 4.78 is 0. The molecule has 4 atom stereocenters. The van der Waals surface area contributed by atoms with Crippen LogP contribution in [0.15, 0.2) is 84.9 Å². The van der Waals surface area contributed by atoms with E-state index in [1.807, 2.05) is 84.9 Å². The van der Waals surface area contributed by atoms with Gasteiger partial charge in [-0.1, -0.05) is 84.9 Å². The minimum atomic E-state index is -1.03. The monoisotopic (exact) mass is 596 g/mol. The number of nitrogens with two attached hydrogens (primary N) is 1. The quantitative estimate of drug-likeness (QED) is 0.311. The van der Waals surface area contributed by atoms with E-state index in [2.05, 4.69) is 5.32 Å². The number of rotatable bonds is 11. The molecule has 9 heteroatoms. The Kier molecular flexibility index (Phi) is 10.1. The summed E-state index contributed by atoms with van der Waals surface area (Å²) in [4.78, 5) is 55.6. The third kappa shape index (κ3) is 7.52. The number of carbonyl (C=O) groups is 4. The van der Waals surface area contributed by atoms with Crippen LogP contribution in [0.25, 0.3) is 11.1 Å². The van der Waals surface area contributed by atoms with Gasteiger partial charge in [0.2, 0.25) is 17.7 Å². The van der Waals surface area contributed by atoms with Crippen LogP contribution in [0.1, 0.15) is 43.2 Å². The number of nitrogens with zero attached hydrogens (tertiary/aromatic N) is 2. The molecular formula is C35H40N4O5. The second kappa shape index (κ2) is 14.3.